The number of methoxy groups -OCH3 is 3. The van der Waals surface area contributed by atoms with Crippen LogP contribution in [0.3, 0.4) is 0 Å². The van der Waals surface area contributed by atoms with Crippen molar-refractivity contribution in [2.45, 2.75) is 25.7 Å². The third kappa shape index (κ3) is 3.69. The Bertz CT molecular complexity index is 938. The summed E-state index contributed by atoms with van der Waals surface area (Å²) in [6.45, 7) is 1.24. The molecule has 2 aliphatic rings. The van der Waals surface area contributed by atoms with E-state index in [1.165, 1.54) is 17.5 Å². The number of hydrogen-bond acceptors (Lipinski definition) is 4. The van der Waals surface area contributed by atoms with Crippen LogP contribution in [0.4, 0.5) is 0 Å². The van der Waals surface area contributed by atoms with E-state index in [1.807, 2.05) is 23.1 Å². The monoisotopic (exact) mass is 393 g/mol. The minimum Gasteiger partial charge on any atom is -0.496 e. The van der Waals surface area contributed by atoms with Gasteiger partial charge in [-0.05, 0) is 54.5 Å². The minimum absolute atomic E-state index is 0.101. The summed E-state index contributed by atoms with van der Waals surface area (Å²) in [6.07, 6.45) is 6.24. The Balaban J connectivity index is 1.56. The third-order valence-corrected chi connectivity index (χ3v) is 5.88. The maximum atomic E-state index is 13.0. The fraction of sp³-hybridized carbons (Fsp3) is 0.375. The van der Waals surface area contributed by atoms with E-state index in [-0.39, 0.29) is 5.91 Å². The standard InChI is InChI=1S/C24H27NO4/c1-27-20-14-21(28-2)23(22(15-20)29-3)17-9-11-25(12-10-17)24(26)19-8-7-16-5-4-6-18(16)13-19/h7-9,13-15H,4-6,10-12H2,1-3H3. The van der Waals surface area contributed by atoms with E-state index in [2.05, 4.69) is 18.2 Å². The topological polar surface area (TPSA) is 48.0 Å². The van der Waals surface area contributed by atoms with Crippen molar-refractivity contribution in [2.24, 2.45) is 0 Å². The highest BCUT2D eigenvalue weighted by Gasteiger charge is 2.24. The van der Waals surface area contributed by atoms with E-state index in [4.69, 9.17) is 14.2 Å². The van der Waals surface area contributed by atoms with Crippen molar-refractivity contribution in [2.75, 3.05) is 34.4 Å². The van der Waals surface area contributed by atoms with Gasteiger partial charge in [0.15, 0.2) is 0 Å². The van der Waals surface area contributed by atoms with Gasteiger partial charge in [0.1, 0.15) is 17.2 Å². The number of ether oxygens (including phenoxy) is 3. The molecule has 5 nitrogen and oxygen atoms in total. The SMILES string of the molecule is COc1cc(OC)c(C2=CCN(C(=O)c3ccc4c(c3)CCC4)CC2)c(OC)c1. The Morgan fingerprint density at radius 3 is 2.24 bits per heavy atom. The van der Waals surface area contributed by atoms with E-state index >= 15 is 0 Å². The molecule has 1 aliphatic carbocycles. The molecular formula is C24H27NO4. The van der Waals surface area contributed by atoms with Crippen molar-refractivity contribution in [1.29, 1.82) is 0 Å². The van der Waals surface area contributed by atoms with E-state index in [0.717, 1.165) is 36.0 Å². The lowest BCUT2D eigenvalue weighted by Crippen LogP contribution is -2.34. The summed E-state index contributed by atoms with van der Waals surface area (Å²) in [5.41, 5.74) is 5.57. The lowest BCUT2D eigenvalue weighted by Gasteiger charge is -2.28. The molecule has 1 heterocycles. The first kappa shape index (κ1) is 19.4. The highest BCUT2D eigenvalue weighted by molar-refractivity contribution is 5.95. The van der Waals surface area contributed by atoms with Crippen LogP contribution in [-0.4, -0.2) is 45.2 Å². The molecule has 2 aromatic rings. The summed E-state index contributed by atoms with van der Waals surface area (Å²) < 4.78 is 16.5. The summed E-state index contributed by atoms with van der Waals surface area (Å²) >= 11 is 0. The van der Waals surface area contributed by atoms with Crippen molar-refractivity contribution in [3.63, 3.8) is 0 Å². The van der Waals surface area contributed by atoms with Gasteiger partial charge in [-0.2, -0.15) is 0 Å². The smallest absolute Gasteiger partial charge is 0.254 e. The van der Waals surface area contributed by atoms with E-state index < -0.39 is 0 Å². The number of carbonyl (C=O) groups is 1. The Labute approximate surface area is 171 Å². The van der Waals surface area contributed by atoms with Crippen LogP contribution >= 0.6 is 0 Å². The molecule has 5 heteroatoms. The van der Waals surface area contributed by atoms with Crippen LogP contribution in [0.2, 0.25) is 0 Å². The summed E-state index contributed by atoms with van der Waals surface area (Å²) in [7, 11) is 4.91. The van der Waals surface area contributed by atoms with Crippen molar-refractivity contribution in [3.05, 3.63) is 58.7 Å². The van der Waals surface area contributed by atoms with Crippen molar-refractivity contribution in [1.82, 2.24) is 4.90 Å². The van der Waals surface area contributed by atoms with E-state index in [9.17, 15) is 4.79 Å². The molecule has 2 aromatic carbocycles. The van der Waals surface area contributed by atoms with Crippen molar-refractivity contribution < 1.29 is 19.0 Å². The number of nitrogens with zero attached hydrogens (tertiary/aromatic N) is 1. The van der Waals surface area contributed by atoms with E-state index in [1.54, 1.807) is 21.3 Å². The highest BCUT2D eigenvalue weighted by atomic mass is 16.5. The zero-order valence-corrected chi connectivity index (χ0v) is 17.3. The van der Waals surface area contributed by atoms with Gasteiger partial charge in [-0.3, -0.25) is 4.79 Å². The molecule has 4 rings (SSSR count). The summed E-state index contributed by atoms with van der Waals surface area (Å²) in [6, 6.07) is 9.90. The molecule has 0 fully saturated rings. The Kier molecular flexibility index (Phi) is 5.47. The molecule has 1 aliphatic heterocycles. The zero-order valence-electron chi connectivity index (χ0n) is 17.3. The first-order valence-electron chi connectivity index (χ1n) is 10.0. The lowest BCUT2D eigenvalue weighted by molar-refractivity contribution is 0.0773. The largest absolute Gasteiger partial charge is 0.496 e. The molecule has 0 saturated carbocycles. The average Bonchev–Trinajstić information content (AvgIpc) is 3.25. The molecular weight excluding hydrogens is 366 g/mol. The first-order chi connectivity index (χ1) is 14.1. The number of fused-ring (bicyclic) bond motifs is 1. The molecule has 1 amide bonds. The number of carbonyl (C=O) groups excluding carboxylic acids is 1. The van der Waals surface area contributed by atoms with Gasteiger partial charge in [0, 0.05) is 30.8 Å². The van der Waals surface area contributed by atoms with Crippen LogP contribution in [0.15, 0.2) is 36.4 Å². The van der Waals surface area contributed by atoms with E-state index in [0.29, 0.717) is 30.3 Å². The molecule has 0 aromatic heterocycles. The van der Waals surface area contributed by atoms with Crippen LogP contribution in [0.1, 0.15) is 39.9 Å². The molecule has 0 unspecified atom stereocenters. The molecule has 0 bridgehead atoms. The van der Waals surface area contributed by atoms with Gasteiger partial charge in [-0.15, -0.1) is 0 Å². The lowest BCUT2D eigenvalue weighted by atomic mass is 9.96. The maximum Gasteiger partial charge on any atom is 0.254 e. The van der Waals surface area contributed by atoms with Crippen molar-refractivity contribution >= 4 is 11.5 Å². The Hall–Kier alpha value is -2.95. The van der Waals surface area contributed by atoms with Gasteiger partial charge in [-0.25, -0.2) is 0 Å². The summed E-state index contributed by atoms with van der Waals surface area (Å²) in [5, 5.41) is 0. The molecule has 0 saturated heterocycles. The fourth-order valence-electron chi connectivity index (χ4n) is 4.29. The van der Waals surface area contributed by atoms with Crippen LogP contribution in [-0.2, 0) is 12.8 Å². The van der Waals surface area contributed by atoms with Crippen LogP contribution in [0.5, 0.6) is 17.2 Å². The second-order valence-corrected chi connectivity index (χ2v) is 7.47. The second-order valence-electron chi connectivity index (χ2n) is 7.47. The van der Waals surface area contributed by atoms with Gasteiger partial charge in [0.2, 0.25) is 0 Å². The molecule has 152 valence electrons. The van der Waals surface area contributed by atoms with Gasteiger partial charge in [0.25, 0.3) is 5.91 Å². The highest BCUT2D eigenvalue weighted by Crippen LogP contribution is 2.41. The minimum atomic E-state index is 0.101. The van der Waals surface area contributed by atoms with Gasteiger partial charge >= 0.3 is 0 Å². The summed E-state index contributed by atoms with van der Waals surface area (Å²) in [5.74, 6) is 2.22. The predicted molar refractivity (Wildman–Crippen MR) is 113 cm³/mol. The normalized spacial score (nSPS) is 15.6. The van der Waals surface area contributed by atoms with Crippen molar-refractivity contribution in [3.8, 4) is 17.2 Å². The number of aryl methyl sites for hydroxylation is 2. The quantitative estimate of drug-likeness (QED) is 0.766. The Morgan fingerprint density at radius 2 is 1.62 bits per heavy atom. The summed E-state index contributed by atoms with van der Waals surface area (Å²) in [4.78, 5) is 14.9. The molecule has 0 spiro atoms. The number of hydrogen-bond donors (Lipinski definition) is 0. The van der Waals surface area contributed by atoms with Crippen LogP contribution in [0, 0.1) is 0 Å². The third-order valence-electron chi connectivity index (χ3n) is 5.88. The first-order valence-corrected chi connectivity index (χ1v) is 10.0. The molecule has 0 radical (unpaired) electrons. The molecule has 29 heavy (non-hydrogen) atoms. The van der Waals surface area contributed by atoms with Crippen LogP contribution < -0.4 is 14.2 Å². The van der Waals surface area contributed by atoms with Gasteiger partial charge < -0.3 is 19.1 Å². The number of rotatable bonds is 5. The molecule has 0 N–H and O–H groups in total. The average molecular weight is 393 g/mol. The van der Waals surface area contributed by atoms with Gasteiger partial charge in [0.05, 0.1) is 26.9 Å². The zero-order chi connectivity index (χ0) is 20.4. The fourth-order valence-corrected chi connectivity index (χ4v) is 4.29. The van der Waals surface area contributed by atoms with Gasteiger partial charge in [-0.1, -0.05) is 12.1 Å². The second kappa shape index (κ2) is 8.19. The maximum absolute atomic E-state index is 13.0. The Morgan fingerprint density at radius 1 is 0.897 bits per heavy atom. The predicted octanol–water partition coefficient (Wildman–Crippen LogP) is 4.13. The number of benzene rings is 2. The van der Waals surface area contributed by atoms with Crippen LogP contribution in [0.25, 0.3) is 5.57 Å². The number of amides is 1. The molecule has 0 atom stereocenters.